The number of hydrogen-bond donors (Lipinski definition) is 2. The van der Waals surface area contributed by atoms with Crippen molar-refractivity contribution in [2.24, 2.45) is 17.8 Å². The Morgan fingerprint density at radius 3 is 2.11 bits per heavy atom. The van der Waals surface area contributed by atoms with Crippen LogP contribution in [0.4, 0.5) is 5.69 Å². The largest absolute Gasteiger partial charge is 0.489 e. The normalized spacial score (nSPS) is 12.2. The lowest BCUT2D eigenvalue weighted by atomic mass is 10.0. The van der Waals surface area contributed by atoms with Crippen LogP contribution >= 0.6 is 0 Å². The average molecular weight is 510 g/mol. The second kappa shape index (κ2) is 17.1. The van der Waals surface area contributed by atoms with E-state index in [1.807, 2.05) is 18.2 Å². The number of nitrogens with zero attached hydrogens (tertiary/aromatic N) is 1. The molecule has 1 amide bonds. The number of benzene rings is 2. The maximum absolute atomic E-state index is 12.9. The van der Waals surface area contributed by atoms with Gasteiger partial charge in [0.15, 0.2) is 0 Å². The summed E-state index contributed by atoms with van der Waals surface area (Å²) in [5.41, 5.74) is 2.37. The standard InChI is InChI=1S/C32H51N3O2/c1-25(2)17-20-33-31(23-27(5)6)32(36)34-19-10-21-35(22-18-26(3)4)29-13-15-30(16-14-29)37-24-28-11-8-7-9-12-28/h7-9,11-16,25-27,31,33H,10,17-24H2,1-6H3,(H,34,36). The third kappa shape index (κ3) is 13.0. The molecular formula is C32H51N3O2. The molecule has 1 atom stereocenters. The minimum atomic E-state index is -0.112. The molecule has 2 aromatic carbocycles. The maximum Gasteiger partial charge on any atom is 0.237 e. The molecule has 0 saturated heterocycles. The van der Waals surface area contributed by atoms with Crippen molar-refractivity contribution in [2.45, 2.75) is 79.9 Å². The summed E-state index contributed by atoms with van der Waals surface area (Å²) < 4.78 is 5.97. The predicted octanol–water partition coefficient (Wildman–Crippen LogP) is 6.67. The Balaban J connectivity index is 1.87. The van der Waals surface area contributed by atoms with Crippen molar-refractivity contribution in [2.75, 3.05) is 31.1 Å². The van der Waals surface area contributed by atoms with Crippen molar-refractivity contribution in [3.63, 3.8) is 0 Å². The summed E-state index contributed by atoms with van der Waals surface area (Å²) in [7, 11) is 0. The third-order valence-corrected chi connectivity index (χ3v) is 6.47. The van der Waals surface area contributed by atoms with Crippen molar-refractivity contribution < 1.29 is 9.53 Å². The van der Waals surface area contributed by atoms with Gasteiger partial charge >= 0.3 is 0 Å². The summed E-state index contributed by atoms with van der Waals surface area (Å²) in [6.07, 6.45) is 4.00. The van der Waals surface area contributed by atoms with Crippen LogP contribution in [0, 0.1) is 17.8 Å². The smallest absolute Gasteiger partial charge is 0.237 e. The van der Waals surface area contributed by atoms with E-state index >= 15 is 0 Å². The lowest BCUT2D eigenvalue weighted by Gasteiger charge is -2.26. The van der Waals surface area contributed by atoms with Crippen molar-refractivity contribution in [1.29, 1.82) is 0 Å². The van der Waals surface area contributed by atoms with Gasteiger partial charge in [-0.15, -0.1) is 0 Å². The number of anilines is 1. The Labute approximate surface area is 226 Å². The maximum atomic E-state index is 12.9. The first-order chi connectivity index (χ1) is 17.7. The molecule has 1 unspecified atom stereocenters. The van der Waals surface area contributed by atoms with E-state index in [4.69, 9.17) is 4.74 Å². The molecule has 0 aliphatic heterocycles. The van der Waals surface area contributed by atoms with Crippen LogP contribution in [0.25, 0.3) is 0 Å². The minimum absolute atomic E-state index is 0.112. The average Bonchev–Trinajstić information content (AvgIpc) is 2.86. The van der Waals surface area contributed by atoms with Gasteiger partial charge in [-0.1, -0.05) is 71.9 Å². The molecular weight excluding hydrogens is 458 g/mol. The molecule has 2 N–H and O–H groups in total. The van der Waals surface area contributed by atoms with Crippen molar-refractivity contribution >= 4 is 11.6 Å². The second-order valence-corrected chi connectivity index (χ2v) is 11.4. The van der Waals surface area contributed by atoms with Gasteiger partial charge in [0.05, 0.1) is 6.04 Å². The summed E-state index contributed by atoms with van der Waals surface area (Å²) in [6, 6.07) is 18.5. The van der Waals surface area contributed by atoms with Crippen LogP contribution in [0.15, 0.2) is 54.6 Å². The zero-order chi connectivity index (χ0) is 27.0. The van der Waals surface area contributed by atoms with Gasteiger partial charge in [0.25, 0.3) is 0 Å². The number of carbonyl (C=O) groups excluding carboxylic acids is 1. The highest BCUT2D eigenvalue weighted by atomic mass is 16.5. The van der Waals surface area contributed by atoms with Crippen LogP contribution in [0.1, 0.15) is 72.8 Å². The number of carbonyl (C=O) groups is 1. The molecule has 0 saturated carbocycles. The molecule has 2 rings (SSSR count). The molecule has 5 heteroatoms. The molecule has 0 heterocycles. The SMILES string of the molecule is CC(C)CCNC(CC(C)C)C(=O)NCCCN(CCC(C)C)c1ccc(OCc2ccccc2)cc1. The second-order valence-electron chi connectivity index (χ2n) is 11.4. The van der Waals surface area contributed by atoms with Gasteiger partial charge in [-0.05, 0) is 79.8 Å². The van der Waals surface area contributed by atoms with Crippen LogP contribution < -0.4 is 20.3 Å². The predicted molar refractivity (Wildman–Crippen MR) is 157 cm³/mol. The monoisotopic (exact) mass is 509 g/mol. The number of hydrogen-bond acceptors (Lipinski definition) is 4. The van der Waals surface area contributed by atoms with Gasteiger partial charge in [0, 0.05) is 25.3 Å². The molecule has 0 spiro atoms. The molecule has 0 aliphatic carbocycles. The Hall–Kier alpha value is -2.53. The summed E-state index contributed by atoms with van der Waals surface area (Å²) in [5, 5.41) is 6.67. The fraction of sp³-hybridized carbons (Fsp3) is 0.594. The lowest BCUT2D eigenvalue weighted by molar-refractivity contribution is -0.123. The van der Waals surface area contributed by atoms with Crippen LogP contribution in [0.3, 0.4) is 0 Å². The third-order valence-electron chi connectivity index (χ3n) is 6.47. The van der Waals surface area contributed by atoms with E-state index in [2.05, 4.69) is 93.5 Å². The topological polar surface area (TPSA) is 53.6 Å². The molecule has 0 fully saturated rings. The molecule has 0 aromatic heterocycles. The zero-order valence-electron chi connectivity index (χ0n) is 24.1. The molecule has 0 aliphatic rings. The number of amides is 1. The Kier molecular flexibility index (Phi) is 14.2. The number of ether oxygens (including phenoxy) is 1. The van der Waals surface area contributed by atoms with Crippen molar-refractivity contribution in [3.8, 4) is 5.75 Å². The first kappa shape index (κ1) is 30.7. The van der Waals surface area contributed by atoms with E-state index in [1.54, 1.807) is 0 Å². The highest BCUT2D eigenvalue weighted by molar-refractivity contribution is 5.81. The molecule has 0 bridgehead atoms. The summed E-state index contributed by atoms with van der Waals surface area (Å²) in [4.78, 5) is 15.3. The quantitative estimate of drug-likeness (QED) is 0.220. The lowest BCUT2D eigenvalue weighted by Crippen LogP contribution is -2.46. The van der Waals surface area contributed by atoms with E-state index in [1.165, 1.54) is 5.69 Å². The molecule has 206 valence electrons. The van der Waals surface area contributed by atoms with Gasteiger partial charge in [0.2, 0.25) is 5.91 Å². The van der Waals surface area contributed by atoms with Crippen LogP contribution in [0.5, 0.6) is 5.75 Å². The van der Waals surface area contributed by atoms with Gasteiger partial charge in [0.1, 0.15) is 12.4 Å². The Bertz CT molecular complexity index is 865. The number of rotatable bonds is 18. The summed E-state index contributed by atoms with van der Waals surface area (Å²) >= 11 is 0. The first-order valence-corrected chi connectivity index (χ1v) is 14.3. The molecule has 0 radical (unpaired) electrons. The van der Waals surface area contributed by atoms with E-state index < -0.39 is 0 Å². The fourth-order valence-electron chi connectivity index (χ4n) is 4.18. The highest BCUT2D eigenvalue weighted by Gasteiger charge is 2.19. The van der Waals surface area contributed by atoms with E-state index in [0.717, 1.165) is 56.6 Å². The van der Waals surface area contributed by atoms with Gasteiger partial charge in [-0.2, -0.15) is 0 Å². The van der Waals surface area contributed by atoms with Gasteiger partial charge < -0.3 is 20.3 Å². The van der Waals surface area contributed by atoms with Gasteiger partial charge in [-0.25, -0.2) is 0 Å². The van der Waals surface area contributed by atoms with Crippen LogP contribution in [-0.4, -0.2) is 38.1 Å². The molecule has 2 aromatic rings. The fourth-order valence-corrected chi connectivity index (χ4v) is 4.18. The van der Waals surface area contributed by atoms with Crippen LogP contribution in [0.2, 0.25) is 0 Å². The van der Waals surface area contributed by atoms with E-state index in [-0.39, 0.29) is 11.9 Å². The van der Waals surface area contributed by atoms with Crippen LogP contribution in [-0.2, 0) is 11.4 Å². The van der Waals surface area contributed by atoms with Crippen molar-refractivity contribution in [1.82, 2.24) is 10.6 Å². The van der Waals surface area contributed by atoms with Crippen molar-refractivity contribution in [3.05, 3.63) is 60.2 Å². The summed E-state index contributed by atoms with van der Waals surface area (Å²) in [6.45, 7) is 17.4. The zero-order valence-corrected chi connectivity index (χ0v) is 24.1. The Morgan fingerprint density at radius 2 is 1.49 bits per heavy atom. The van der Waals surface area contributed by atoms with Gasteiger partial charge in [-0.3, -0.25) is 4.79 Å². The highest BCUT2D eigenvalue weighted by Crippen LogP contribution is 2.21. The first-order valence-electron chi connectivity index (χ1n) is 14.3. The summed E-state index contributed by atoms with van der Waals surface area (Å²) in [5.74, 6) is 2.77. The molecule has 5 nitrogen and oxygen atoms in total. The molecule has 37 heavy (non-hydrogen) atoms. The minimum Gasteiger partial charge on any atom is -0.489 e. The number of nitrogens with one attached hydrogen (secondary N) is 2. The van der Waals surface area contributed by atoms with E-state index in [0.29, 0.717) is 30.9 Å². The Morgan fingerprint density at radius 1 is 0.811 bits per heavy atom. The van der Waals surface area contributed by atoms with E-state index in [9.17, 15) is 4.79 Å².